The first-order valence-corrected chi connectivity index (χ1v) is 10.7. The molecule has 0 bridgehead atoms. The van der Waals surface area contributed by atoms with E-state index in [1.807, 2.05) is 39.2 Å². The smallest absolute Gasteiger partial charge is 0.332 e. The number of imidazole rings is 1. The average Bonchev–Trinajstić information content (AvgIpc) is 3.33. The first kappa shape index (κ1) is 22.1. The highest BCUT2D eigenvalue weighted by molar-refractivity contribution is 5.73. The maximum absolute atomic E-state index is 11.8. The van der Waals surface area contributed by atoms with Gasteiger partial charge in [0.05, 0.1) is 25.2 Å². The summed E-state index contributed by atoms with van der Waals surface area (Å²) in [7, 11) is 0. The standard InChI is InChI=1S/C21H30N4O6/c1-6-7-8-28-15(26)10-27-9-14-17-18(31-21(4,5)30-17)20(29-14)25-11-22-16-12(2)23-13(3)24-19(16)25/h11,14,17-18,20H,6-10H2,1-5H3/t14-,17-,18-,20-/m1/s1. The van der Waals surface area contributed by atoms with Crippen LogP contribution in [0.4, 0.5) is 0 Å². The van der Waals surface area contributed by atoms with Crippen LogP contribution in [-0.4, -0.2) is 69.4 Å². The van der Waals surface area contributed by atoms with Crippen LogP contribution in [0.15, 0.2) is 6.33 Å². The Morgan fingerprint density at radius 2 is 2.00 bits per heavy atom. The SMILES string of the molecule is CCCCOC(=O)COC[C@H]1O[C@@H](n2cnc3c(C)nc(C)nc32)[C@@H]2OC(C)(C)O[C@@H]21. The Hall–Kier alpha value is -2.14. The molecular formula is C21H30N4O6. The van der Waals surface area contributed by atoms with Crippen molar-refractivity contribution in [1.29, 1.82) is 0 Å². The second kappa shape index (κ2) is 8.78. The number of rotatable bonds is 8. The summed E-state index contributed by atoms with van der Waals surface area (Å²) in [6.45, 7) is 9.98. The number of carbonyl (C=O) groups excluding carboxylic acids is 1. The molecule has 0 amide bonds. The molecule has 2 aliphatic rings. The van der Waals surface area contributed by atoms with Crippen molar-refractivity contribution in [2.45, 2.75) is 77.8 Å². The van der Waals surface area contributed by atoms with Gasteiger partial charge < -0.3 is 23.7 Å². The predicted octanol–water partition coefficient (Wildman–Crippen LogP) is 2.22. The summed E-state index contributed by atoms with van der Waals surface area (Å²) in [5.41, 5.74) is 2.21. The van der Waals surface area contributed by atoms with Gasteiger partial charge in [-0.15, -0.1) is 0 Å². The maximum Gasteiger partial charge on any atom is 0.332 e. The van der Waals surface area contributed by atoms with E-state index in [4.69, 9.17) is 23.7 Å². The number of aromatic nitrogens is 4. The van der Waals surface area contributed by atoms with E-state index >= 15 is 0 Å². The molecule has 2 saturated heterocycles. The number of nitrogens with zero attached hydrogens (tertiary/aromatic N) is 4. The van der Waals surface area contributed by atoms with Gasteiger partial charge in [0.15, 0.2) is 17.7 Å². The Bertz CT molecular complexity index is 945. The minimum absolute atomic E-state index is 0.129. The molecule has 0 spiro atoms. The van der Waals surface area contributed by atoms with Gasteiger partial charge in [0.25, 0.3) is 0 Å². The molecule has 2 fully saturated rings. The van der Waals surface area contributed by atoms with E-state index in [0.717, 1.165) is 24.1 Å². The van der Waals surface area contributed by atoms with Crippen LogP contribution in [0.25, 0.3) is 11.2 Å². The average molecular weight is 434 g/mol. The second-order valence-electron chi connectivity index (χ2n) is 8.40. The predicted molar refractivity (Wildman–Crippen MR) is 109 cm³/mol. The summed E-state index contributed by atoms with van der Waals surface area (Å²) in [5, 5.41) is 0. The molecule has 0 aromatic carbocycles. The van der Waals surface area contributed by atoms with Gasteiger partial charge in [-0.2, -0.15) is 0 Å². The van der Waals surface area contributed by atoms with E-state index in [1.165, 1.54) is 0 Å². The van der Waals surface area contributed by atoms with Crippen molar-refractivity contribution in [2.24, 2.45) is 0 Å². The Kier molecular flexibility index (Phi) is 6.25. The zero-order valence-corrected chi connectivity index (χ0v) is 18.7. The lowest BCUT2D eigenvalue weighted by Gasteiger charge is -2.24. The molecule has 10 nitrogen and oxygen atoms in total. The molecule has 0 unspecified atom stereocenters. The van der Waals surface area contributed by atoms with Gasteiger partial charge in [-0.3, -0.25) is 4.57 Å². The van der Waals surface area contributed by atoms with Crippen molar-refractivity contribution in [1.82, 2.24) is 19.5 Å². The number of aryl methyl sites for hydroxylation is 2. The van der Waals surface area contributed by atoms with E-state index in [1.54, 1.807) is 6.33 Å². The molecular weight excluding hydrogens is 404 g/mol. The van der Waals surface area contributed by atoms with Crippen molar-refractivity contribution in [3.05, 3.63) is 17.8 Å². The van der Waals surface area contributed by atoms with Crippen molar-refractivity contribution < 1.29 is 28.5 Å². The zero-order valence-electron chi connectivity index (χ0n) is 18.7. The number of carbonyl (C=O) groups is 1. The zero-order chi connectivity index (χ0) is 22.2. The molecule has 10 heteroatoms. The molecule has 2 aromatic rings. The van der Waals surface area contributed by atoms with E-state index < -0.39 is 18.1 Å². The van der Waals surface area contributed by atoms with Gasteiger partial charge in [-0.25, -0.2) is 19.7 Å². The van der Waals surface area contributed by atoms with Crippen LogP contribution in [0.3, 0.4) is 0 Å². The Morgan fingerprint density at radius 1 is 1.23 bits per heavy atom. The van der Waals surface area contributed by atoms with Crippen LogP contribution in [0.1, 0.15) is 51.4 Å². The van der Waals surface area contributed by atoms with Crippen molar-refractivity contribution >= 4 is 17.1 Å². The van der Waals surface area contributed by atoms with Crippen molar-refractivity contribution in [3.8, 4) is 0 Å². The summed E-state index contributed by atoms with van der Waals surface area (Å²) in [4.78, 5) is 25.2. The Morgan fingerprint density at radius 3 is 2.77 bits per heavy atom. The molecule has 4 atom stereocenters. The summed E-state index contributed by atoms with van der Waals surface area (Å²) >= 11 is 0. The quantitative estimate of drug-likeness (QED) is 0.456. The van der Waals surface area contributed by atoms with Crippen LogP contribution in [0, 0.1) is 13.8 Å². The largest absolute Gasteiger partial charge is 0.464 e. The third kappa shape index (κ3) is 4.57. The summed E-state index contributed by atoms with van der Waals surface area (Å²) in [6, 6.07) is 0. The van der Waals surface area contributed by atoms with Crippen LogP contribution >= 0.6 is 0 Å². The molecule has 0 N–H and O–H groups in total. The molecule has 4 rings (SSSR count). The molecule has 31 heavy (non-hydrogen) atoms. The highest BCUT2D eigenvalue weighted by Crippen LogP contribution is 2.43. The molecule has 2 aromatic heterocycles. The number of unbranched alkanes of at least 4 members (excludes halogenated alkanes) is 1. The Labute approximate surface area is 181 Å². The summed E-state index contributed by atoms with van der Waals surface area (Å²) in [5.74, 6) is -0.482. The Balaban J connectivity index is 1.48. The lowest BCUT2D eigenvalue weighted by Crippen LogP contribution is -2.33. The number of fused-ring (bicyclic) bond motifs is 2. The first-order valence-electron chi connectivity index (χ1n) is 10.7. The van der Waals surface area contributed by atoms with Gasteiger partial charge in [-0.1, -0.05) is 13.3 Å². The van der Waals surface area contributed by atoms with Crippen molar-refractivity contribution in [3.63, 3.8) is 0 Å². The number of hydrogen-bond donors (Lipinski definition) is 0. The molecule has 4 heterocycles. The van der Waals surface area contributed by atoms with Crippen LogP contribution < -0.4 is 0 Å². The third-order valence-corrected chi connectivity index (χ3v) is 5.37. The normalized spacial score (nSPS) is 27.0. The second-order valence-corrected chi connectivity index (χ2v) is 8.40. The number of esters is 1. The maximum atomic E-state index is 11.8. The van der Waals surface area contributed by atoms with Gasteiger partial charge in [0, 0.05) is 0 Å². The number of ether oxygens (including phenoxy) is 5. The minimum atomic E-state index is -0.758. The highest BCUT2D eigenvalue weighted by atomic mass is 16.8. The van der Waals surface area contributed by atoms with Crippen LogP contribution in [-0.2, 0) is 28.5 Å². The topological polar surface area (TPSA) is 107 Å². The monoisotopic (exact) mass is 434 g/mol. The molecule has 0 radical (unpaired) electrons. The van der Waals surface area contributed by atoms with E-state index in [-0.39, 0.29) is 31.4 Å². The molecule has 170 valence electrons. The van der Waals surface area contributed by atoms with Gasteiger partial charge in [0.1, 0.15) is 36.3 Å². The third-order valence-electron chi connectivity index (χ3n) is 5.37. The molecule has 0 saturated carbocycles. The fourth-order valence-electron chi connectivity index (χ4n) is 4.03. The summed E-state index contributed by atoms with van der Waals surface area (Å²) in [6.07, 6.45) is 1.87. The fourth-order valence-corrected chi connectivity index (χ4v) is 4.03. The molecule has 0 aliphatic carbocycles. The lowest BCUT2D eigenvalue weighted by molar-refractivity contribution is -0.202. The number of hydrogen-bond acceptors (Lipinski definition) is 9. The first-order chi connectivity index (χ1) is 14.8. The van der Waals surface area contributed by atoms with Gasteiger partial charge >= 0.3 is 5.97 Å². The van der Waals surface area contributed by atoms with E-state index in [9.17, 15) is 4.79 Å². The van der Waals surface area contributed by atoms with Crippen LogP contribution in [0.5, 0.6) is 0 Å². The van der Waals surface area contributed by atoms with E-state index in [0.29, 0.717) is 18.1 Å². The fraction of sp³-hybridized carbons (Fsp3) is 0.714. The van der Waals surface area contributed by atoms with Crippen molar-refractivity contribution in [2.75, 3.05) is 19.8 Å². The van der Waals surface area contributed by atoms with Gasteiger partial charge in [0.2, 0.25) is 0 Å². The molecule has 2 aliphatic heterocycles. The lowest BCUT2D eigenvalue weighted by atomic mass is 10.1. The van der Waals surface area contributed by atoms with Gasteiger partial charge in [-0.05, 0) is 34.1 Å². The minimum Gasteiger partial charge on any atom is -0.464 e. The van der Waals surface area contributed by atoms with E-state index in [2.05, 4.69) is 15.0 Å². The van der Waals surface area contributed by atoms with Crippen LogP contribution in [0.2, 0.25) is 0 Å². The highest BCUT2D eigenvalue weighted by Gasteiger charge is 2.56. The summed E-state index contributed by atoms with van der Waals surface area (Å²) < 4.78 is 31.1.